The number of carboxylic acids is 1. The third-order valence-corrected chi connectivity index (χ3v) is 4.66. The molecule has 5 nitrogen and oxygen atoms in total. The molecule has 0 saturated heterocycles. The minimum atomic E-state index is -1.86. The summed E-state index contributed by atoms with van der Waals surface area (Å²) in [7, 11) is 0. The first kappa shape index (κ1) is 24.5. The maximum absolute atomic E-state index is 11.4. The highest BCUT2D eigenvalue weighted by molar-refractivity contribution is 6.76. The number of carbonyl (C=O) groups excluding carboxylic acids is 3. The van der Waals surface area contributed by atoms with Gasteiger partial charge >= 0.3 is 11.8 Å². The molecule has 0 radical (unpaired) electrons. The fourth-order valence-corrected chi connectivity index (χ4v) is 2.99. The van der Waals surface area contributed by atoms with Gasteiger partial charge in [-0.25, -0.2) is 4.79 Å². The fourth-order valence-electron chi connectivity index (χ4n) is 2.99. The third-order valence-electron chi connectivity index (χ3n) is 4.66. The molecule has 26 heavy (non-hydrogen) atoms. The summed E-state index contributed by atoms with van der Waals surface area (Å²) >= 11 is 0. The molecule has 0 atom stereocenters. The van der Waals surface area contributed by atoms with Gasteiger partial charge in [-0.2, -0.15) is 0 Å². The number of unbranched alkanes of at least 4 members (excludes halogenated alkanes) is 14. The van der Waals surface area contributed by atoms with Crippen molar-refractivity contribution in [3.8, 4) is 0 Å². The van der Waals surface area contributed by atoms with Crippen LogP contribution in [0.25, 0.3) is 0 Å². The molecule has 0 aliphatic carbocycles. The Kier molecular flexibility index (Phi) is 15.9. The van der Waals surface area contributed by atoms with E-state index >= 15 is 0 Å². The molecular weight excluding hydrogens is 332 g/mol. The smallest absolute Gasteiger partial charge is 0.380 e. The summed E-state index contributed by atoms with van der Waals surface area (Å²) in [5, 5.41) is 8.38. The van der Waals surface area contributed by atoms with E-state index in [4.69, 9.17) is 5.11 Å². The van der Waals surface area contributed by atoms with Crippen molar-refractivity contribution in [1.82, 2.24) is 0 Å². The average molecular weight is 369 g/mol. The summed E-state index contributed by atoms with van der Waals surface area (Å²) in [6, 6.07) is 0. The highest BCUT2D eigenvalue weighted by Gasteiger charge is 2.27. The van der Waals surface area contributed by atoms with E-state index < -0.39 is 23.3 Å². The molecule has 0 aliphatic rings. The molecule has 0 bridgehead atoms. The third kappa shape index (κ3) is 13.7. The monoisotopic (exact) mass is 368 g/mol. The van der Waals surface area contributed by atoms with Crippen LogP contribution in [0.15, 0.2) is 0 Å². The molecule has 0 fully saturated rings. The lowest BCUT2D eigenvalue weighted by Crippen LogP contribution is -2.29. The van der Waals surface area contributed by atoms with E-state index in [-0.39, 0.29) is 6.42 Å². The van der Waals surface area contributed by atoms with E-state index in [1.54, 1.807) is 0 Å². The van der Waals surface area contributed by atoms with Crippen LogP contribution < -0.4 is 0 Å². The van der Waals surface area contributed by atoms with Crippen LogP contribution in [0.5, 0.6) is 0 Å². The van der Waals surface area contributed by atoms with Crippen LogP contribution in [0, 0.1) is 0 Å². The number of hydrogen-bond acceptors (Lipinski definition) is 4. The number of hydrogen-bond donors (Lipinski definition) is 1. The maximum Gasteiger partial charge on any atom is 0.380 e. The summed E-state index contributed by atoms with van der Waals surface area (Å²) in [5.74, 6) is -5.77. The normalized spacial score (nSPS) is 10.7. The van der Waals surface area contributed by atoms with Crippen molar-refractivity contribution in [2.24, 2.45) is 0 Å². The van der Waals surface area contributed by atoms with E-state index in [2.05, 4.69) is 6.92 Å². The molecule has 0 aromatic heterocycles. The molecule has 0 rings (SSSR count). The van der Waals surface area contributed by atoms with E-state index in [9.17, 15) is 19.2 Å². The van der Waals surface area contributed by atoms with Gasteiger partial charge in [0.2, 0.25) is 5.78 Å². The van der Waals surface area contributed by atoms with Gasteiger partial charge in [0.25, 0.3) is 5.78 Å². The SMILES string of the molecule is CCCCCCCCCCCCCCCCCC(=O)C(=O)C(=O)C(=O)O. The number of carbonyl (C=O) groups is 4. The number of Topliss-reactive ketones (excluding diaryl/α,β-unsaturated/α-hetero) is 3. The van der Waals surface area contributed by atoms with Gasteiger partial charge in [0.15, 0.2) is 0 Å². The van der Waals surface area contributed by atoms with Crippen molar-refractivity contribution in [2.45, 2.75) is 110 Å². The average Bonchev–Trinajstić information content (AvgIpc) is 2.63. The second-order valence-electron chi connectivity index (χ2n) is 7.09. The van der Waals surface area contributed by atoms with E-state index in [1.165, 1.54) is 70.6 Å². The highest BCUT2D eigenvalue weighted by atomic mass is 16.4. The van der Waals surface area contributed by atoms with E-state index in [0.29, 0.717) is 6.42 Å². The summed E-state index contributed by atoms with van der Waals surface area (Å²) in [5.41, 5.74) is 0. The lowest BCUT2D eigenvalue weighted by Gasteiger charge is -2.03. The van der Waals surface area contributed by atoms with Crippen LogP contribution in [-0.4, -0.2) is 28.4 Å². The molecule has 0 saturated carbocycles. The van der Waals surface area contributed by atoms with Gasteiger partial charge < -0.3 is 5.11 Å². The molecule has 0 spiro atoms. The largest absolute Gasteiger partial charge is 0.475 e. The van der Waals surface area contributed by atoms with Crippen molar-refractivity contribution in [3.05, 3.63) is 0 Å². The van der Waals surface area contributed by atoms with E-state index in [1.807, 2.05) is 0 Å². The van der Waals surface area contributed by atoms with Crippen LogP contribution in [0.4, 0.5) is 0 Å². The van der Waals surface area contributed by atoms with Gasteiger partial charge in [-0.05, 0) is 6.42 Å². The van der Waals surface area contributed by atoms with Gasteiger partial charge in [-0.15, -0.1) is 0 Å². The Balaban J connectivity index is 3.34. The van der Waals surface area contributed by atoms with Gasteiger partial charge in [0.05, 0.1) is 0 Å². The molecular formula is C21H36O5. The highest BCUT2D eigenvalue weighted by Crippen LogP contribution is 2.13. The van der Waals surface area contributed by atoms with Crippen molar-refractivity contribution < 1.29 is 24.3 Å². The summed E-state index contributed by atoms with van der Waals surface area (Å²) in [4.78, 5) is 43.8. The van der Waals surface area contributed by atoms with Crippen LogP contribution in [0.3, 0.4) is 0 Å². The maximum atomic E-state index is 11.4. The van der Waals surface area contributed by atoms with Gasteiger partial charge in [-0.1, -0.05) is 96.8 Å². The minimum Gasteiger partial charge on any atom is -0.475 e. The Morgan fingerprint density at radius 3 is 1.23 bits per heavy atom. The number of rotatable bonds is 19. The molecule has 0 heterocycles. The topological polar surface area (TPSA) is 88.5 Å². The summed E-state index contributed by atoms with van der Waals surface area (Å²) in [6.07, 6.45) is 18.0. The van der Waals surface area contributed by atoms with Crippen molar-refractivity contribution >= 4 is 23.3 Å². The van der Waals surface area contributed by atoms with Crippen molar-refractivity contribution in [1.29, 1.82) is 0 Å². The Morgan fingerprint density at radius 1 is 0.538 bits per heavy atom. The van der Waals surface area contributed by atoms with Crippen molar-refractivity contribution in [3.63, 3.8) is 0 Å². The van der Waals surface area contributed by atoms with Crippen LogP contribution in [0.2, 0.25) is 0 Å². The van der Waals surface area contributed by atoms with Gasteiger partial charge in [-0.3, -0.25) is 14.4 Å². The van der Waals surface area contributed by atoms with E-state index in [0.717, 1.165) is 19.3 Å². The lowest BCUT2D eigenvalue weighted by atomic mass is 10.0. The number of aliphatic carboxylic acids is 1. The predicted molar refractivity (Wildman–Crippen MR) is 102 cm³/mol. The molecule has 0 aromatic rings. The van der Waals surface area contributed by atoms with Gasteiger partial charge in [0, 0.05) is 6.42 Å². The lowest BCUT2D eigenvalue weighted by molar-refractivity contribution is -0.155. The predicted octanol–water partition coefficient (Wildman–Crippen LogP) is 5.04. The zero-order chi connectivity index (χ0) is 19.6. The molecule has 5 heteroatoms. The summed E-state index contributed by atoms with van der Waals surface area (Å²) in [6.45, 7) is 2.24. The van der Waals surface area contributed by atoms with Crippen LogP contribution >= 0.6 is 0 Å². The molecule has 1 N–H and O–H groups in total. The fraction of sp³-hybridized carbons (Fsp3) is 0.810. The van der Waals surface area contributed by atoms with Crippen LogP contribution in [-0.2, 0) is 19.2 Å². The Morgan fingerprint density at radius 2 is 0.885 bits per heavy atom. The van der Waals surface area contributed by atoms with Gasteiger partial charge in [0.1, 0.15) is 0 Å². The zero-order valence-electron chi connectivity index (χ0n) is 16.4. The first-order valence-corrected chi connectivity index (χ1v) is 10.4. The number of carboxylic acid groups (broad SMARTS) is 1. The second-order valence-corrected chi connectivity index (χ2v) is 7.09. The second kappa shape index (κ2) is 16.9. The zero-order valence-corrected chi connectivity index (χ0v) is 16.4. The number of ketones is 3. The molecule has 0 aliphatic heterocycles. The van der Waals surface area contributed by atoms with Crippen LogP contribution in [0.1, 0.15) is 110 Å². The Labute approximate surface area is 157 Å². The quantitative estimate of drug-likeness (QED) is 0.196. The molecule has 0 aromatic carbocycles. The first-order chi connectivity index (χ1) is 12.5. The minimum absolute atomic E-state index is 0.0316. The first-order valence-electron chi connectivity index (χ1n) is 10.4. The molecule has 0 unspecified atom stereocenters. The Bertz CT molecular complexity index is 428. The summed E-state index contributed by atoms with van der Waals surface area (Å²) < 4.78 is 0. The standard InChI is InChI=1S/C21H36O5/c1-2-3-4-5-6-7-8-9-10-11-12-13-14-15-16-17-18(22)19(23)20(24)21(25)26/h2-17H2,1H3,(H,25,26). The van der Waals surface area contributed by atoms with Crippen molar-refractivity contribution in [2.75, 3.05) is 0 Å². The molecule has 0 amide bonds. The molecule has 150 valence electrons. The Hall–Kier alpha value is -1.52.